The number of anilines is 2. The summed E-state index contributed by atoms with van der Waals surface area (Å²) in [5.41, 5.74) is -0.152. The highest BCUT2D eigenvalue weighted by Gasteiger charge is 2.10. The van der Waals surface area contributed by atoms with Crippen molar-refractivity contribution in [2.75, 3.05) is 5.32 Å². The molecule has 1 N–H and O–H groups in total. The van der Waals surface area contributed by atoms with Crippen LogP contribution in [0.3, 0.4) is 0 Å². The molecule has 0 spiro atoms. The maximum absolute atomic E-state index is 13.2. The summed E-state index contributed by atoms with van der Waals surface area (Å²) in [5.74, 6) is -3.20. The topological polar surface area (TPSA) is 24.9 Å². The molecule has 0 aliphatic heterocycles. The van der Waals surface area contributed by atoms with Gasteiger partial charge in [-0.3, -0.25) is 0 Å². The zero-order valence-corrected chi connectivity index (χ0v) is 10.0. The van der Waals surface area contributed by atoms with Crippen LogP contribution in [0, 0.1) is 17.5 Å². The average molecular weight is 309 g/mol. The van der Waals surface area contributed by atoms with E-state index in [9.17, 15) is 13.2 Å². The molecule has 7 heteroatoms. The van der Waals surface area contributed by atoms with Crippen molar-refractivity contribution in [3.63, 3.8) is 0 Å². The summed E-state index contributed by atoms with van der Waals surface area (Å²) in [6, 6.07) is 1.24. The molecule has 2 aromatic rings. The van der Waals surface area contributed by atoms with Crippen molar-refractivity contribution in [1.29, 1.82) is 0 Å². The van der Waals surface area contributed by atoms with Crippen LogP contribution in [-0.4, -0.2) is 4.98 Å². The highest BCUT2D eigenvalue weighted by atomic mass is 79.9. The molecule has 16 heavy (non-hydrogen) atoms. The number of thiazole rings is 1. The molecule has 2 rings (SSSR count). The average Bonchev–Trinajstić information content (AvgIpc) is 2.60. The van der Waals surface area contributed by atoms with Crippen molar-refractivity contribution in [2.24, 2.45) is 0 Å². The fraction of sp³-hybridized carbons (Fsp3) is 0. The fourth-order valence-corrected chi connectivity index (χ4v) is 2.20. The van der Waals surface area contributed by atoms with Crippen LogP contribution in [0.4, 0.5) is 24.0 Å². The SMILES string of the molecule is Fc1cc(F)c(Nc2nc(Br)cs2)cc1F. The first-order valence-electron chi connectivity index (χ1n) is 4.09. The Labute approximate surface area is 101 Å². The van der Waals surface area contributed by atoms with Crippen LogP contribution in [-0.2, 0) is 0 Å². The normalized spacial score (nSPS) is 10.5. The van der Waals surface area contributed by atoms with Gasteiger partial charge in [-0.2, -0.15) is 0 Å². The third-order valence-corrected chi connectivity index (χ3v) is 3.19. The van der Waals surface area contributed by atoms with Gasteiger partial charge in [-0.05, 0) is 15.9 Å². The van der Waals surface area contributed by atoms with Crippen LogP contribution in [0.1, 0.15) is 0 Å². The number of hydrogen-bond acceptors (Lipinski definition) is 3. The molecule has 1 heterocycles. The quantitative estimate of drug-likeness (QED) is 0.846. The van der Waals surface area contributed by atoms with E-state index < -0.39 is 17.5 Å². The highest BCUT2D eigenvalue weighted by molar-refractivity contribution is 9.10. The summed E-state index contributed by atoms with van der Waals surface area (Å²) < 4.78 is 39.3. The number of benzene rings is 1. The second kappa shape index (κ2) is 4.42. The molecule has 0 saturated carbocycles. The van der Waals surface area contributed by atoms with Gasteiger partial charge in [0.1, 0.15) is 10.4 Å². The molecule has 1 aromatic carbocycles. The molecular formula is C9H4BrF3N2S. The van der Waals surface area contributed by atoms with Crippen LogP contribution in [0.15, 0.2) is 22.1 Å². The third kappa shape index (κ3) is 2.35. The zero-order chi connectivity index (χ0) is 11.7. The van der Waals surface area contributed by atoms with Crippen LogP contribution in [0.25, 0.3) is 0 Å². The van der Waals surface area contributed by atoms with Gasteiger partial charge in [-0.1, -0.05) is 0 Å². The predicted molar refractivity (Wildman–Crippen MR) is 59.4 cm³/mol. The number of halogens is 4. The standard InChI is InChI=1S/C9H4BrF3N2S/c10-8-3-16-9(15-8)14-7-2-5(12)4(11)1-6(7)13/h1-3H,(H,14,15). The second-order valence-corrected chi connectivity index (χ2v) is 4.52. The van der Waals surface area contributed by atoms with Crippen molar-refractivity contribution in [3.8, 4) is 0 Å². The largest absolute Gasteiger partial charge is 0.329 e. The predicted octanol–water partition coefficient (Wildman–Crippen LogP) is 4.07. The van der Waals surface area contributed by atoms with Gasteiger partial charge >= 0.3 is 0 Å². The van der Waals surface area contributed by atoms with Gasteiger partial charge in [-0.25, -0.2) is 18.2 Å². The number of hydrogen-bond donors (Lipinski definition) is 1. The molecule has 1 aromatic heterocycles. The summed E-state index contributed by atoms with van der Waals surface area (Å²) in [7, 11) is 0. The fourth-order valence-electron chi connectivity index (χ4n) is 1.05. The lowest BCUT2D eigenvalue weighted by Gasteiger charge is -2.04. The van der Waals surface area contributed by atoms with Crippen LogP contribution >= 0.6 is 27.3 Å². The molecule has 2 nitrogen and oxygen atoms in total. The van der Waals surface area contributed by atoms with Crippen molar-refractivity contribution in [1.82, 2.24) is 4.98 Å². The minimum Gasteiger partial charge on any atom is -0.329 e. The van der Waals surface area contributed by atoms with Crippen molar-refractivity contribution >= 4 is 38.1 Å². The van der Waals surface area contributed by atoms with Crippen LogP contribution in [0.2, 0.25) is 0 Å². The van der Waals surface area contributed by atoms with E-state index in [0.29, 0.717) is 15.8 Å². The first-order chi connectivity index (χ1) is 7.56. The number of rotatable bonds is 2. The van der Waals surface area contributed by atoms with Crippen molar-refractivity contribution < 1.29 is 13.2 Å². The van der Waals surface area contributed by atoms with Gasteiger partial charge in [0.25, 0.3) is 0 Å². The maximum atomic E-state index is 13.2. The Morgan fingerprint density at radius 3 is 2.44 bits per heavy atom. The minimum absolute atomic E-state index is 0.152. The van der Waals surface area contributed by atoms with Crippen molar-refractivity contribution in [2.45, 2.75) is 0 Å². The minimum atomic E-state index is -1.22. The summed E-state index contributed by atoms with van der Waals surface area (Å²) in [6.45, 7) is 0. The Hall–Kier alpha value is -1.08. The molecule has 0 aliphatic carbocycles. The molecule has 0 saturated heterocycles. The van der Waals surface area contributed by atoms with E-state index in [0.717, 1.165) is 6.07 Å². The number of nitrogens with zero attached hydrogens (tertiary/aromatic N) is 1. The van der Waals surface area contributed by atoms with E-state index in [1.807, 2.05) is 0 Å². The van der Waals surface area contributed by atoms with Crippen molar-refractivity contribution in [3.05, 3.63) is 39.6 Å². The first-order valence-corrected chi connectivity index (χ1v) is 5.76. The summed E-state index contributed by atoms with van der Waals surface area (Å²) in [5, 5.41) is 4.62. The van der Waals surface area contributed by atoms with Crippen LogP contribution in [0.5, 0.6) is 0 Å². The van der Waals surface area contributed by atoms with E-state index in [4.69, 9.17) is 0 Å². The number of nitrogens with one attached hydrogen (secondary N) is 1. The molecule has 0 unspecified atom stereocenters. The zero-order valence-electron chi connectivity index (χ0n) is 7.60. The van der Waals surface area contributed by atoms with Gasteiger partial charge in [0.2, 0.25) is 0 Å². The number of aromatic nitrogens is 1. The molecule has 0 radical (unpaired) electrons. The molecule has 0 atom stereocenters. The van der Waals surface area contributed by atoms with Gasteiger partial charge in [0.05, 0.1) is 5.69 Å². The Bertz CT molecular complexity index is 529. The Morgan fingerprint density at radius 1 is 1.12 bits per heavy atom. The van der Waals surface area contributed by atoms with E-state index >= 15 is 0 Å². The van der Waals surface area contributed by atoms with Gasteiger partial charge in [0.15, 0.2) is 16.8 Å². The maximum Gasteiger partial charge on any atom is 0.188 e. The molecule has 0 fully saturated rings. The van der Waals surface area contributed by atoms with Gasteiger partial charge < -0.3 is 5.32 Å². The third-order valence-electron chi connectivity index (χ3n) is 1.73. The van der Waals surface area contributed by atoms with E-state index in [1.54, 1.807) is 5.38 Å². The molecular weight excluding hydrogens is 305 g/mol. The highest BCUT2D eigenvalue weighted by Crippen LogP contribution is 2.26. The molecule has 0 bridgehead atoms. The lowest BCUT2D eigenvalue weighted by Crippen LogP contribution is -1.96. The molecule has 84 valence electrons. The lowest BCUT2D eigenvalue weighted by atomic mass is 10.3. The van der Waals surface area contributed by atoms with Gasteiger partial charge in [-0.15, -0.1) is 11.3 Å². The van der Waals surface area contributed by atoms with E-state index in [1.165, 1.54) is 11.3 Å². The van der Waals surface area contributed by atoms with Crippen LogP contribution < -0.4 is 5.32 Å². The first kappa shape index (κ1) is 11.4. The van der Waals surface area contributed by atoms with E-state index in [2.05, 4.69) is 26.2 Å². The molecule has 0 aliphatic rings. The summed E-state index contributed by atoms with van der Waals surface area (Å²) in [4.78, 5) is 3.94. The summed E-state index contributed by atoms with van der Waals surface area (Å²) in [6.07, 6.45) is 0. The Kier molecular flexibility index (Phi) is 3.15. The summed E-state index contributed by atoms with van der Waals surface area (Å²) >= 11 is 4.33. The lowest BCUT2D eigenvalue weighted by molar-refractivity contribution is 0.496. The Balaban J connectivity index is 2.31. The monoisotopic (exact) mass is 308 g/mol. The van der Waals surface area contributed by atoms with E-state index in [-0.39, 0.29) is 5.69 Å². The Morgan fingerprint density at radius 2 is 1.81 bits per heavy atom. The second-order valence-electron chi connectivity index (χ2n) is 2.85. The van der Waals surface area contributed by atoms with Gasteiger partial charge in [0, 0.05) is 17.5 Å². The smallest absolute Gasteiger partial charge is 0.188 e. The molecule has 0 amide bonds.